The summed E-state index contributed by atoms with van der Waals surface area (Å²) >= 11 is 3.38. The van der Waals surface area contributed by atoms with Crippen LogP contribution in [0.1, 0.15) is 6.42 Å². The van der Waals surface area contributed by atoms with Crippen LogP contribution in [0.2, 0.25) is 0 Å². The second-order valence-electron chi connectivity index (χ2n) is 4.50. The fourth-order valence-electron chi connectivity index (χ4n) is 2.02. The van der Waals surface area contributed by atoms with Gasteiger partial charge in [0.05, 0.1) is 4.90 Å². The fourth-order valence-corrected chi connectivity index (χ4v) is 3.11. The van der Waals surface area contributed by atoms with E-state index in [2.05, 4.69) is 15.9 Å². The Morgan fingerprint density at radius 2 is 2.17 bits per heavy atom. The molecule has 1 unspecified atom stereocenters. The van der Waals surface area contributed by atoms with Crippen LogP contribution in [0, 0.1) is 5.92 Å². The van der Waals surface area contributed by atoms with Gasteiger partial charge in [0, 0.05) is 30.2 Å². The number of anilines is 1. The lowest BCUT2D eigenvalue weighted by atomic mass is 10.2. The summed E-state index contributed by atoms with van der Waals surface area (Å²) < 4.78 is 23.0. The Morgan fingerprint density at radius 1 is 1.44 bits per heavy atom. The van der Waals surface area contributed by atoms with Gasteiger partial charge in [-0.05, 0) is 24.1 Å². The number of hydrogen-bond donors (Lipinski definition) is 0. The van der Waals surface area contributed by atoms with Crippen molar-refractivity contribution in [2.75, 3.05) is 23.0 Å². The van der Waals surface area contributed by atoms with E-state index < -0.39 is 9.84 Å². The van der Waals surface area contributed by atoms with Gasteiger partial charge >= 0.3 is 0 Å². The topological polar surface area (TPSA) is 54.5 Å². The molecule has 1 fully saturated rings. The summed E-state index contributed by atoms with van der Waals surface area (Å²) in [5.74, 6) is 0.337. The van der Waals surface area contributed by atoms with Crippen molar-refractivity contribution in [2.24, 2.45) is 5.92 Å². The van der Waals surface area contributed by atoms with Crippen LogP contribution in [-0.4, -0.2) is 32.5 Å². The summed E-state index contributed by atoms with van der Waals surface area (Å²) in [5, 5.41) is 0.779. The number of nitrogens with zero attached hydrogens (tertiary/aromatic N) is 1. The van der Waals surface area contributed by atoms with Crippen molar-refractivity contribution in [3.8, 4) is 0 Å². The van der Waals surface area contributed by atoms with Gasteiger partial charge in [-0.15, -0.1) is 0 Å². The number of sulfone groups is 1. The van der Waals surface area contributed by atoms with E-state index in [-0.39, 0.29) is 10.8 Å². The van der Waals surface area contributed by atoms with E-state index in [9.17, 15) is 13.2 Å². The maximum atomic E-state index is 11.9. The molecule has 0 aromatic heterocycles. The zero-order valence-electron chi connectivity index (χ0n) is 9.97. The molecule has 1 atom stereocenters. The number of rotatable bonds is 3. The third-order valence-corrected chi connectivity index (χ3v) is 5.01. The summed E-state index contributed by atoms with van der Waals surface area (Å²) in [6, 6.07) is 6.54. The first-order valence-electron chi connectivity index (χ1n) is 5.58. The highest BCUT2D eigenvalue weighted by molar-refractivity contribution is 9.09. The number of hydrogen-bond acceptors (Lipinski definition) is 3. The highest BCUT2D eigenvalue weighted by atomic mass is 79.9. The van der Waals surface area contributed by atoms with Crippen LogP contribution in [0.15, 0.2) is 29.2 Å². The third kappa shape index (κ3) is 2.75. The van der Waals surface area contributed by atoms with Crippen LogP contribution >= 0.6 is 15.9 Å². The smallest absolute Gasteiger partial charge is 0.227 e. The van der Waals surface area contributed by atoms with Crippen molar-refractivity contribution in [3.63, 3.8) is 0 Å². The van der Waals surface area contributed by atoms with Gasteiger partial charge in [0.25, 0.3) is 0 Å². The molecule has 1 aliphatic heterocycles. The number of carbonyl (C=O) groups excluding carboxylic acids is 1. The van der Waals surface area contributed by atoms with Crippen molar-refractivity contribution < 1.29 is 13.2 Å². The molecule has 0 N–H and O–H groups in total. The number of benzene rings is 1. The second-order valence-corrected chi connectivity index (χ2v) is 7.16. The van der Waals surface area contributed by atoms with Crippen LogP contribution in [0.25, 0.3) is 0 Å². The standard InChI is InChI=1S/C12H14BrNO3S/c1-18(16,17)11-4-2-3-10(6-11)14-8-9(7-13)5-12(14)15/h2-4,6,9H,5,7-8H2,1H3. The van der Waals surface area contributed by atoms with Gasteiger partial charge in [-0.3, -0.25) is 4.79 Å². The number of carbonyl (C=O) groups is 1. The number of halogens is 1. The quantitative estimate of drug-likeness (QED) is 0.794. The summed E-state index contributed by atoms with van der Waals surface area (Å²) in [4.78, 5) is 13.8. The summed E-state index contributed by atoms with van der Waals surface area (Å²) in [6.07, 6.45) is 1.67. The van der Waals surface area contributed by atoms with Crippen LogP contribution < -0.4 is 4.90 Å². The van der Waals surface area contributed by atoms with Gasteiger partial charge in [0.2, 0.25) is 5.91 Å². The molecule has 1 heterocycles. The van der Waals surface area contributed by atoms with Gasteiger partial charge in [0.15, 0.2) is 9.84 Å². The maximum Gasteiger partial charge on any atom is 0.227 e. The van der Waals surface area contributed by atoms with Gasteiger partial charge in [0.1, 0.15) is 0 Å². The highest BCUT2D eigenvalue weighted by Gasteiger charge is 2.30. The Hall–Kier alpha value is -0.880. The lowest BCUT2D eigenvalue weighted by Crippen LogP contribution is -2.24. The first kappa shape index (κ1) is 13.5. The van der Waals surface area contributed by atoms with E-state index in [1.165, 1.54) is 6.26 Å². The molecule has 0 spiro atoms. The van der Waals surface area contributed by atoms with Crippen LogP contribution in [-0.2, 0) is 14.6 Å². The Labute approximate surface area is 115 Å². The minimum Gasteiger partial charge on any atom is -0.312 e. The van der Waals surface area contributed by atoms with E-state index in [0.717, 1.165) is 5.33 Å². The van der Waals surface area contributed by atoms with Gasteiger partial charge in [-0.25, -0.2) is 8.42 Å². The van der Waals surface area contributed by atoms with Gasteiger partial charge in [-0.1, -0.05) is 22.0 Å². The van der Waals surface area contributed by atoms with Crippen molar-refractivity contribution in [2.45, 2.75) is 11.3 Å². The minimum atomic E-state index is -3.24. The molecule has 18 heavy (non-hydrogen) atoms. The van der Waals surface area contributed by atoms with Gasteiger partial charge < -0.3 is 4.90 Å². The van der Waals surface area contributed by atoms with Crippen LogP contribution in [0.4, 0.5) is 5.69 Å². The Bertz CT molecular complexity index is 570. The molecule has 98 valence electrons. The summed E-state index contributed by atoms with van der Waals surface area (Å²) in [5.41, 5.74) is 0.659. The number of alkyl halides is 1. The molecule has 6 heteroatoms. The zero-order chi connectivity index (χ0) is 13.3. The molecule has 2 rings (SSSR count). The van der Waals surface area contributed by atoms with Crippen LogP contribution in [0.3, 0.4) is 0 Å². The summed E-state index contributed by atoms with van der Waals surface area (Å²) in [7, 11) is -3.24. The molecular weight excluding hydrogens is 318 g/mol. The van der Waals surface area contributed by atoms with Crippen molar-refractivity contribution >= 4 is 37.4 Å². The summed E-state index contributed by atoms with van der Waals surface area (Å²) in [6.45, 7) is 0.636. The average Bonchev–Trinajstić information content (AvgIpc) is 2.70. The molecule has 1 amide bonds. The molecular formula is C12H14BrNO3S. The molecule has 1 aromatic rings. The lowest BCUT2D eigenvalue weighted by molar-refractivity contribution is -0.117. The van der Waals surface area contributed by atoms with E-state index in [4.69, 9.17) is 0 Å². The van der Waals surface area contributed by atoms with Gasteiger partial charge in [-0.2, -0.15) is 0 Å². The average molecular weight is 332 g/mol. The maximum absolute atomic E-state index is 11.9. The molecule has 1 saturated heterocycles. The highest BCUT2D eigenvalue weighted by Crippen LogP contribution is 2.27. The molecule has 1 aliphatic rings. The van der Waals surface area contributed by atoms with E-state index in [0.29, 0.717) is 24.6 Å². The Morgan fingerprint density at radius 3 is 2.72 bits per heavy atom. The van der Waals surface area contributed by atoms with E-state index in [1.807, 2.05) is 0 Å². The predicted molar refractivity (Wildman–Crippen MR) is 73.8 cm³/mol. The minimum absolute atomic E-state index is 0.0464. The third-order valence-electron chi connectivity index (χ3n) is 2.98. The lowest BCUT2D eigenvalue weighted by Gasteiger charge is -2.17. The van der Waals surface area contributed by atoms with E-state index in [1.54, 1.807) is 29.2 Å². The zero-order valence-corrected chi connectivity index (χ0v) is 12.4. The normalized spacial score (nSPS) is 20.4. The molecule has 0 saturated carbocycles. The number of amides is 1. The largest absolute Gasteiger partial charge is 0.312 e. The van der Waals surface area contributed by atoms with Crippen LogP contribution in [0.5, 0.6) is 0 Å². The van der Waals surface area contributed by atoms with Crippen molar-refractivity contribution in [3.05, 3.63) is 24.3 Å². The molecule has 0 radical (unpaired) electrons. The second kappa shape index (κ2) is 5.01. The Balaban J connectivity index is 2.32. The molecule has 1 aromatic carbocycles. The molecule has 4 nitrogen and oxygen atoms in total. The fraction of sp³-hybridized carbons (Fsp3) is 0.417. The molecule has 0 aliphatic carbocycles. The first-order valence-corrected chi connectivity index (χ1v) is 8.59. The Kier molecular flexibility index (Phi) is 3.77. The SMILES string of the molecule is CS(=O)(=O)c1cccc(N2CC(CBr)CC2=O)c1. The first-order chi connectivity index (χ1) is 8.41. The molecule has 0 bridgehead atoms. The monoisotopic (exact) mass is 331 g/mol. The van der Waals surface area contributed by atoms with Crippen molar-refractivity contribution in [1.82, 2.24) is 0 Å². The van der Waals surface area contributed by atoms with E-state index >= 15 is 0 Å². The van der Waals surface area contributed by atoms with Crippen molar-refractivity contribution in [1.29, 1.82) is 0 Å². The predicted octanol–water partition coefficient (Wildman–Crippen LogP) is 1.84.